The molecule has 0 fully saturated rings. The number of amides is 1. The molecular formula is C10H15N2NaO3S. The van der Waals surface area contributed by atoms with Crippen LogP contribution in [0, 0.1) is 5.92 Å². The van der Waals surface area contributed by atoms with Crippen LogP contribution in [0.25, 0.3) is 0 Å². The van der Waals surface area contributed by atoms with Gasteiger partial charge >= 0.3 is 35.5 Å². The van der Waals surface area contributed by atoms with E-state index < -0.39 is 12.0 Å². The summed E-state index contributed by atoms with van der Waals surface area (Å²) in [5, 5.41) is 4.46. The summed E-state index contributed by atoms with van der Waals surface area (Å²) < 4.78 is 5.02. The fourth-order valence-corrected chi connectivity index (χ4v) is 1.69. The van der Waals surface area contributed by atoms with Gasteiger partial charge in [-0.3, -0.25) is 4.79 Å². The number of carbonyl (C=O) groups is 2. The van der Waals surface area contributed by atoms with Gasteiger partial charge in [0.05, 0.1) is 0 Å². The Morgan fingerprint density at radius 1 is 1.65 bits per heavy atom. The van der Waals surface area contributed by atoms with Crippen molar-refractivity contribution in [3.05, 3.63) is 11.6 Å². The van der Waals surface area contributed by atoms with Crippen molar-refractivity contribution in [2.75, 3.05) is 0 Å². The standard InChI is InChI=1S/C10H14N2O3S.Na.H/c1-7(2)5-8(12-6-13)9(14)15-10-11-3-4-16-10;;/h3-4,6-8H,5H2,1-2H3,(H,12,13);;/t8-;;/m0../s1. The van der Waals surface area contributed by atoms with E-state index in [4.69, 9.17) is 4.74 Å². The predicted molar refractivity (Wildman–Crippen MR) is 67.3 cm³/mol. The van der Waals surface area contributed by atoms with Gasteiger partial charge in [0.2, 0.25) is 6.41 Å². The molecule has 1 atom stereocenters. The number of ether oxygens (including phenoxy) is 1. The monoisotopic (exact) mass is 266 g/mol. The quantitative estimate of drug-likeness (QED) is 0.464. The summed E-state index contributed by atoms with van der Waals surface area (Å²) >= 11 is 1.24. The Bertz CT molecular complexity index is 343. The molecular weight excluding hydrogens is 251 g/mol. The predicted octanol–water partition coefficient (Wildman–Crippen LogP) is 0.561. The van der Waals surface area contributed by atoms with Crippen molar-refractivity contribution >= 4 is 53.3 Å². The van der Waals surface area contributed by atoms with Crippen molar-refractivity contribution < 1.29 is 14.3 Å². The Balaban J connectivity index is 0.00000256. The minimum absolute atomic E-state index is 0. The summed E-state index contributed by atoms with van der Waals surface area (Å²) in [4.78, 5) is 25.9. The first kappa shape index (κ1) is 16.6. The average molecular weight is 266 g/mol. The first-order valence-corrected chi connectivity index (χ1v) is 5.82. The summed E-state index contributed by atoms with van der Waals surface area (Å²) in [6.45, 7) is 3.94. The van der Waals surface area contributed by atoms with Gasteiger partial charge in [0.1, 0.15) is 6.04 Å². The molecule has 1 aromatic heterocycles. The molecule has 0 saturated carbocycles. The van der Waals surface area contributed by atoms with Crippen LogP contribution in [0.5, 0.6) is 5.19 Å². The van der Waals surface area contributed by atoms with Crippen molar-refractivity contribution in [1.29, 1.82) is 0 Å². The first-order valence-electron chi connectivity index (χ1n) is 4.94. The fourth-order valence-electron chi connectivity index (χ4n) is 1.20. The summed E-state index contributed by atoms with van der Waals surface area (Å²) in [6, 6.07) is -0.610. The molecule has 0 radical (unpaired) electrons. The van der Waals surface area contributed by atoms with Crippen molar-refractivity contribution in [1.82, 2.24) is 10.3 Å². The number of hydrogen-bond acceptors (Lipinski definition) is 5. The second kappa shape index (κ2) is 8.63. The number of thiazole rings is 1. The molecule has 1 N–H and O–H groups in total. The second-order valence-electron chi connectivity index (χ2n) is 3.69. The Labute approximate surface area is 126 Å². The van der Waals surface area contributed by atoms with E-state index in [1.165, 1.54) is 11.3 Å². The fraction of sp³-hybridized carbons (Fsp3) is 0.500. The van der Waals surface area contributed by atoms with Crippen LogP contribution in [0.2, 0.25) is 0 Å². The molecule has 1 heterocycles. The van der Waals surface area contributed by atoms with Crippen LogP contribution >= 0.6 is 11.3 Å². The number of hydrogen-bond donors (Lipinski definition) is 1. The normalized spacial score (nSPS) is 11.5. The Morgan fingerprint density at radius 3 is 2.82 bits per heavy atom. The summed E-state index contributed by atoms with van der Waals surface area (Å²) in [6.07, 6.45) is 2.61. The van der Waals surface area contributed by atoms with E-state index in [1.807, 2.05) is 13.8 Å². The molecule has 5 nitrogen and oxygen atoms in total. The van der Waals surface area contributed by atoms with Crippen molar-refractivity contribution in [3.63, 3.8) is 0 Å². The molecule has 1 aromatic rings. The third kappa shape index (κ3) is 6.16. The Morgan fingerprint density at radius 2 is 2.35 bits per heavy atom. The van der Waals surface area contributed by atoms with E-state index in [0.717, 1.165) is 0 Å². The maximum absolute atomic E-state index is 11.7. The van der Waals surface area contributed by atoms with E-state index >= 15 is 0 Å². The van der Waals surface area contributed by atoms with Crippen LogP contribution in [-0.2, 0) is 9.59 Å². The van der Waals surface area contributed by atoms with Gasteiger partial charge in [0.25, 0.3) is 5.19 Å². The van der Waals surface area contributed by atoms with Gasteiger partial charge in [-0.2, -0.15) is 0 Å². The van der Waals surface area contributed by atoms with E-state index in [0.29, 0.717) is 23.9 Å². The zero-order valence-electron chi connectivity index (χ0n) is 9.17. The number of nitrogens with one attached hydrogen (secondary N) is 1. The SMILES string of the molecule is CC(C)C[C@H](NC=O)C(=O)Oc1nccs1.[NaH]. The van der Waals surface area contributed by atoms with E-state index in [1.54, 1.807) is 11.6 Å². The van der Waals surface area contributed by atoms with Gasteiger partial charge in [0, 0.05) is 11.6 Å². The van der Waals surface area contributed by atoms with Crippen LogP contribution in [0.1, 0.15) is 20.3 Å². The molecule has 17 heavy (non-hydrogen) atoms. The zero-order chi connectivity index (χ0) is 12.0. The Hall–Kier alpha value is -0.430. The number of rotatable bonds is 6. The molecule has 1 rings (SSSR count). The molecule has 90 valence electrons. The number of carbonyl (C=O) groups excluding carboxylic acids is 2. The van der Waals surface area contributed by atoms with Gasteiger partial charge in [0.15, 0.2) is 0 Å². The maximum atomic E-state index is 11.7. The molecule has 0 aliphatic carbocycles. The van der Waals surface area contributed by atoms with Gasteiger partial charge in [-0.25, -0.2) is 9.78 Å². The zero-order valence-corrected chi connectivity index (χ0v) is 9.99. The van der Waals surface area contributed by atoms with Crippen molar-refractivity contribution in [3.8, 4) is 5.19 Å². The van der Waals surface area contributed by atoms with E-state index in [9.17, 15) is 9.59 Å². The molecule has 0 bridgehead atoms. The number of nitrogens with zero attached hydrogens (tertiary/aromatic N) is 1. The van der Waals surface area contributed by atoms with E-state index in [-0.39, 0.29) is 29.6 Å². The molecule has 0 spiro atoms. The molecule has 0 aromatic carbocycles. The van der Waals surface area contributed by atoms with Crippen LogP contribution in [0.15, 0.2) is 11.6 Å². The summed E-state index contributed by atoms with van der Waals surface area (Å²) in [5.41, 5.74) is 0. The number of esters is 1. The third-order valence-corrected chi connectivity index (χ3v) is 2.51. The third-order valence-electron chi connectivity index (χ3n) is 1.86. The van der Waals surface area contributed by atoms with Gasteiger partial charge in [-0.15, -0.1) is 0 Å². The minimum atomic E-state index is -0.610. The number of aromatic nitrogens is 1. The summed E-state index contributed by atoms with van der Waals surface area (Å²) in [5.74, 6) is -0.183. The summed E-state index contributed by atoms with van der Waals surface area (Å²) in [7, 11) is 0. The average Bonchev–Trinajstić information content (AvgIpc) is 2.69. The first-order chi connectivity index (χ1) is 7.63. The molecule has 7 heteroatoms. The van der Waals surface area contributed by atoms with Crippen molar-refractivity contribution in [2.45, 2.75) is 26.3 Å². The van der Waals surface area contributed by atoms with Gasteiger partial charge in [-0.05, 0) is 12.3 Å². The van der Waals surface area contributed by atoms with Crippen LogP contribution in [0.4, 0.5) is 0 Å². The van der Waals surface area contributed by atoms with Gasteiger partial charge in [-0.1, -0.05) is 25.2 Å². The van der Waals surface area contributed by atoms with Crippen LogP contribution in [0.3, 0.4) is 0 Å². The molecule has 0 unspecified atom stereocenters. The van der Waals surface area contributed by atoms with Gasteiger partial charge < -0.3 is 10.1 Å². The Kier molecular flexibility index (Phi) is 8.41. The molecule has 1 amide bonds. The van der Waals surface area contributed by atoms with Crippen molar-refractivity contribution in [2.24, 2.45) is 5.92 Å². The molecule has 0 aliphatic rings. The van der Waals surface area contributed by atoms with Crippen LogP contribution in [-0.4, -0.2) is 53.0 Å². The van der Waals surface area contributed by atoms with Crippen LogP contribution < -0.4 is 10.1 Å². The molecule has 0 saturated heterocycles. The second-order valence-corrected chi connectivity index (χ2v) is 4.54. The molecule has 0 aliphatic heterocycles. The topological polar surface area (TPSA) is 68.3 Å². The van der Waals surface area contributed by atoms with E-state index in [2.05, 4.69) is 10.3 Å².